The van der Waals surface area contributed by atoms with Crippen LogP contribution in [0.15, 0.2) is 18.2 Å². The molecule has 1 saturated heterocycles. The summed E-state index contributed by atoms with van der Waals surface area (Å²) in [5, 5.41) is 12.1. The molecule has 0 saturated carbocycles. The first-order valence-electron chi connectivity index (χ1n) is 5.95. The zero-order chi connectivity index (χ0) is 13.8. The molecule has 1 aromatic rings. The van der Waals surface area contributed by atoms with Crippen LogP contribution in [-0.4, -0.2) is 16.3 Å². The first-order chi connectivity index (χ1) is 8.07. The molecule has 100 valence electrons. The van der Waals surface area contributed by atoms with Crippen LogP contribution in [0.25, 0.3) is 0 Å². The van der Waals surface area contributed by atoms with Crippen molar-refractivity contribution in [2.75, 3.05) is 0 Å². The monoisotopic (exact) mass is 288 g/mol. The van der Waals surface area contributed by atoms with Crippen LogP contribution in [0.2, 0.25) is 10.0 Å². The Morgan fingerprint density at radius 1 is 1.17 bits per heavy atom. The molecule has 1 atom stereocenters. The Hall–Kier alpha value is -0.280. The third-order valence-electron chi connectivity index (χ3n) is 3.58. The van der Waals surface area contributed by atoms with Crippen LogP contribution in [0.1, 0.15) is 39.7 Å². The molecule has 1 heterocycles. The summed E-state index contributed by atoms with van der Waals surface area (Å²) in [5.74, 6) is 0. The van der Waals surface area contributed by atoms with Crippen LogP contribution in [0.5, 0.6) is 0 Å². The maximum Gasteiger partial charge on any atom is 0.122 e. The quantitative estimate of drug-likeness (QED) is 0.841. The fraction of sp³-hybridized carbons (Fsp3) is 0.571. The van der Waals surface area contributed by atoms with Crippen molar-refractivity contribution in [2.24, 2.45) is 0 Å². The lowest BCUT2D eigenvalue weighted by Crippen LogP contribution is -2.43. The number of hydrogen-bond donors (Lipinski definition) is 1. The normalized spacial score (nSPS) is 29.5. The minimum atomic E-state index is -1.14. The Bertz CT molecular complexity index is 483. The highest BCUT2D eigenvalue weighted by Crippen LogP contribution is 2.52. The van der Waals surface area contributed by atoms with Crippen molar-refractivity contribution in [1.82, 2.24) is 0 Å². The number of rotatable bonds is 1. The molecule has 2 rings (SSSR count). The average Bonchev–Trinajstić information content (AvgIpc) is 2.35. The lowest BCUT2D eigenvalue weighted by atomic mass is 9.77. The summed E-state index contributed by atoms with van der Waals surface area (Å²) in [5.41, 5.74) is -1.63. The van der Waals surface area contributed by atoms with E-state index in [1.807, 2.05) is 27.7 Å². The van der Waals surface area contributed by atoms with E-state index in [1.165, 1.54) is 0 Å². The summed E-state index contributed by atoms with van der Waals surface area (Å²) in [6.45, 7) is 7.67. The van der Waals surface area contributed by atoms with Crippen LogP contribution >= 0.6 is 23.2 Å². The van der Waals surface area contributed by atoms with Gasteiger partial charge in [0, 0.05) is 22.0 Å². The molecule has 1 unspecified atom stereocenters. The highest BCUT2D eigenvalue weighted by Gasteiger charge is 2.57. The lowest BCUT2D eigenvalue weighted by Gasteiger charge is -2.36. The first kappa shape index (κ1) is 14.1. The maximum absolute atomic E-state index is 11.1. The first-order valence-corrected chi connectivity index (χ1v) is 6.71. The van der Waals surface area contributed by atoms with Gasteiger partial charge in [-0.2, -0.15) is 0 Å². The Morgan fingerprint density at radius 2 is 1.78 bits per heavy atom. The summed E-state index contributed by atoms with van der Waals surface area (Å²) >= 11 is 12.2. The maximum atomic E-state index is 11.1. The number of halogens is 2. The van der Waals surface area contributed by atoms with Crippen LogP contribution in [0.4, 0.5) is 0 Å². The molecule has 0 aromatic heterocycles. The molecule has 2 nitrogen and oxygen atoms in total. The molecule has 0 radical (unpaired) electrons. The Labute approximate surface area is 118 Å². The fourth-order valence-corrected chi connectivity index (χ4v) is 3.32. The molecule has 1 aliphatic heterocycles. The second-order valence-electron chi connectivity index (χ2n) is 6.03. The SMILES string of the molecule is CC1(C)CC(O)(c2cc(Cl)ccc2Cl)C(C)(C)O1. The van der Waals surface area contributed by atoms with Gasteiger partial charge in [-0.3, -0.25) is 0 Å². The molecule has 4 heteroatoms. The van der Waals surface area contributed by atoms with Gasteiger partial charge in [0.05, 0.1) is 11.2 Å². The third-order valence-corrected chi connectivity index (χ3v) is 4.15. The van der Waals surface area contributed by atoms with Crippen molar-refractivity contribution in [3.05, 3.63) is 33.8 Å². The van der Waals surface area contributed by atoms with E-state index in [-0.39, 0.29) is 0 Å². The van der Waals surface area contributed by atoms with E-state index >= 15 is 0 Å². The predicted octanol–water partition coefficient (Wildman–Crippen LogP) is 4.16. The van der Waals surface area contributed by atoms with Gasteiger partial charge in [-0.25, -0.2) is 0 Å². The lowest BCUT2D eigenvalue weighted by molar-refractivity contribution is -0.129. The number of aliphatic hydroxyl groups is 1. The summed E-state index contributed by atoms with van der Waals surface area (Å²) in [4.78, 5) is 0. The van der Waals surface area contributed by atoms with Gasteiger partial charge in [-0.15, -0.1) is 0 Å². The van der Waals surface area contributed by atoms with Crippen molar-refractivity contribution >= 4 is 23.2 Å². The van der Waals surface area contributed by atoms with Gasteiger partial charge in [-0.1, -0.05) is 23.2 Å². The Balaban J connectivity index is 2.58. The molecule has 1 aromatic carbocycles. The topological polar surface area (TPSA) is 29.5 Å². The van der Waals surface area contributed by atoms with Gasteiger partial charge in [0.2, 0.25) is 0 Å². The molecule has 18 heavy (non-hydrogen) atoms. The van der Waals surface area contributed by atoms with E-state index in [0.717, 1.165) is 0 Å². The van der Waals surface area contributed by atoms with Crippen LogP contribution in [0.3, 0.4) is 0 Å². The molecule has 1 N–H and O–H groups in total. The molecule has 0 spiro atoms. The molecular formula is C14H18Cl2O2. The minimum absolute atomic E-state index is 0.399. The van der Waals surface area contributed by atoms with Crippen LogP contribution in [-0.2, 0) is 10.3 Å². The summed E-state index contributed by atoms with van der Waals surface area (Å²) in [6, 6.07) is 5.14. The van der Waals surface area contributed by atoms with Gasteiger partial charge in [-0.05, 0) is 45.9 Å². The van der Waals surface area contributed by atoms with E-state index in [9.17, 15) is 5.11 Å². The molecule has 0 aliphatic carbocycles. The zero-order valence-electron chi connectivity index (χ0n) is 11.1. The van der Waals surface area contributed by atoms with Crippen molar-refractivity contribution in [3.63, 3.8) is 0 Å². The van der Waals surface area contributed by atoms with E-state index in [2.05, 4.69) is 0 Å². The molecular weight excluding hydrogens is 271 g/mol. The van der Waals surface area contributed by atoms with Crippen molar-refractivity contribution in [3.8, 4) is 0 Å². The van der Waals surface area contributed by atoms with E-state index in [1.54, 1.807) is 18.2 Å². The van der Waals surface area contributed by atoms with Gasteiger partial charge in [0.15, 0.2) is 0 Å². The Morgan fingerprint density at radius 3 is 2.28 bits per heavy atom. The number of hydrogen-bond acceptors (Lipinski definition) is 2. The molecule has 0 amide bonds. The third kappa shape index (κ3) is 2.16. The number of ether oxygens (including phenoxy) is 1. The summed E-state index contributed by atoms with van der Waals surface area (Å²) in [6.07, 6.45) is 0.479. The molecule has 1 fully saturated rings. The molecule has 1 aliphatic rings. The largest absolute Gasteiger partial charge is 0.382 e. The highest BCUT2D eigenvalue weighted by atomic mass is 35.5. The molecule has 0 bridgehead atoms. The van der Waals surface area contributed by atoms with Gasteiger partial charge in [0.1, 0.15) is 5.60 Å². The standard InChI is InChI=1S/C14H18Cl2O2/c1-12(2)8-14(17,13(3,4)18-12)10-7-9(15)5-6-11(10)16/h5-7,17H,8H2,1-4H3. The minimum Gasteiger partial charge on any atom is -0.382 e. The summed E-state index contributed by atoms with van der Waals surface area (Å²) in [7, 11) is 0. The van der Waals surface area contributed by atoms with E-state index in [4.69, 9.17) is 27.9 Å². The number of benzene rings is 1. The van der Waals surface area contributed by atoms with Crippen LogP contribution < -0.4 is 0 Å². The second kappa shape index (κ2) is 4.11. The van der Waals surface area contributed by atoms with Gasteiger partial charge < -0.3 is 9.84 Å². The van der Waals surface area contributed by atoms with Crippen molar-refractivity contribution < 1.29 is 9.84 Å². The van der Waals surface area contributed by atoms with E-state index in [0.29, 0.717) is 22.0 Å². The highest BCUT2D eigenvalue weighted by molar-refractivity contribution is 6.33. The van der Waals surface area contributed by atoms with E-state index < -0.39 is 16.8 Å². The van der Waals surface area contributed by atoms with Crippen molar-refractivity contribution in [1.29, 1.82) is 0 Å². The zero-order valence-corrected chi connectivity index (χ0v) is 12.6. The fourth-order valence-electron chi connectivity index (χ4n) is 2.87. The van der Waals surface area contributed by atoms with Crippen LogP contribution in [0, 0.1) is 0 Å². The van der Waals surface area contributed by atoms with Gasteiger partial charge in [0.25, 0.3) is 0 Å². The second-order valence-corrected chi connectivity index (χ2v) is 6.88. The van der Waals surface area contributed by atoms with Gasteiger partial charge >= 0.3 is 0 Å². The average molecular weight is 289 g/mol. The predicted molar refractivity (Wildman–Crippen MR) is 74.2 cm³/mol. The smallest absolute Gasteiger partial charge is 0.122 e. The van der Waals surface area contributed by atoms with Crippen molar-refractivity contribution in [2.45, 2.75) is 50.9 Å². The Kier molecular flexibility index (Phi) is 3.22. The summed E-state index contributed by atoms with van der Waals surface area (Å²) < 4.78 is 5.95.